The van der Waals surface area contributed by atoms with Crippen LogP contribution in [0.15, 0.2) is 42.5 Å². The summed E-state index contributed by atoms with van der Waals surface area (Å²) >= 11 is 6.17. The second-order valence-corrected chi connectivity index (χ2v) is 11.0. The molecule has 0 aromatic heterocycles. The highest BCUT2D eigenvalue weighted by Gasteiger charge is 2.19. The summed E-state index contributed by atoms with van der Waals surface area (Å²) < 4.78 is 31.1. The summed E-state index contributed by atoms with van der Waals surface area (Å²) in [6.07, 6.45) is 5.54. The summed E-state index contributed by atoms with van der Waals surface area (Å²) in [6.45, 7) is 3.79. The van der Waals surface area contributed by atoms with E-state index in [-0.39, 0.29) is 18.9 Å². The second-order valence-electron chi connectivity index (χ2n) is 8.64. The van der Waals surface area contributed by atoms with Gasteiger partial charge in [0.05, 0.1) is 24.1 Å². The van der Waals surface area contributed by atoms with Gasteiger partial charge in [0.1, 0.15) is 5.75 Å². The topological polar surface area (TPSA) is 79.0 Å². The van der Waals surface area contributed by atoms with Gasteiger partial charge in [-0.25, -0.2) is 8.42 Å². The fourth-order valence-corrected chi connectivity index (χ4v) is 5.41. The maximum atomic E-state index is 12.5. The number of carbonyl (C=O) groups is 1. The third kappa shape index (κ3) is 7.61. The number of piperidine rings is 1. The highest BCUT2D eigenvalue weighted by atomic mass is 35.5. The van der Waals surface area contributed by atoms with Gasteiger partial charge >= 0.3 is 0 Å². The lowest BCUT2D eigenvalue weighted by molar-refractivity contribution is -0.121. The summed E-state index contributed by atoms with van der Waals surface area (Å²) in [5.41, 5.74) is 2.80. The van der Waals surface area contributed by atoms with Crippen LogP contribution in [0, 0.1) is 0 Å². The standard InChI is InChI=1S/C25H34ClN3O4S/c1-33-24-13-12-22(17-23(24)26)29(34(2,31)32)16-8-11-25(30)27-18-20-9-4-5-10-21(20)19-28-14-6-3-7-15-28/h4-5,9-10,12-13,17H,3,6-8,11,14-16,18-19H2,1-2H3,(H,27,30). The monoisotopic (exact) mass is 507 g/mol. The van der Waals surface area contributed by atoms with Crippen molar-refractivity contribution >= 4 is 33.2 Å². The summed E-state index contributed by atoms with van der Waals surface area (Å²) in [7, 11) is -2.03. The van der Waals surface area contributed by atoms with Crippen LogP contribution in [-0.4, -0.2) is 52.2 Å². The van der Waals surface area contributed by atoms with Crippen molar-refractivity contribution in [2.45, 2.75) is 45.2 Å². The number of amides is 1. The van der Waals surface area contributed by atoms with E-state index in [4.69, 9.17) is 16.3 Å². The number of hydrogen-bond donors (Lipinski definition) is 1. The molecule has 1 amide bonds. The zero-order valence-corrected chi connectivity index (χ0v) is 21.5. The number of carbonyl (C=O) groups excluding carboxylic acids is 1. The zero-order valence-electron chi connectivity index (χ0n) is 19.9. The van der Waals surface area contributed by atoms with Gasteiger partial charge in [-0.05, 0) is 61.7 Å². The molecule has 2 aromatic rings. The van der Waals surface area contributed by atoms with Gasteiger partial charge in [0, 0.05) is 26.1 Å². The van der Waals surface area contributed by atoms with E-state index in [2.05, 4.69) is 22.3 Å². The molecule has 3 rings (SSSR count). The quantitative estimate of drug-likeness (QED) is 0.493. The lowest BCUT2D eigenvalue weighted by Gasteiger charge is -2.27. The van der Waals surface area contributed by atoms with E-state index < -0.39 is 10.0 Å². The summed E-state index contributed by atoms with van der Waals surface area (Å²) in [6, 6.07) is 13.0. The average molecular weight is 508 g/mol. The van der Waals surface area contributed by atoms with Gasteiger partial charge in [0.2, 0.25) is 15.9 Å². The van der Waals surface area contributed by atoms with Crippen LogP contribution in [0.1, 0.15) is 43.2 Å². The predicted molar refractivity (Wildman–Crippen MR) is 137 cm³/mol. The van der Waals surface area contributed by atoms with Crippen LogP contribution < -0.4 is 14.4 Å². The Labute approximate surface area is 208 Å². The first kappa shape index (κ1) is 26.3. The fourth-order valence-electron chi connectivity index (χ4n) is 4.20. The number of nitrogens with one attached hydrogen (secondary N) is 1. The van der Waals surface area contributed by atoms with Crippen molar-refractivity contribution in [1.82, 2.24) is 10.2 Å². The molecule has 1 aliphatic heterocycles. The number of ether oxygens (including phenoxy) is 1. The molecule has 1 fully saturated rings. The summed E-state index contributed by atoms with van der Waals surface area (Å²) in [5.74, 6) is 0.368. The Bertz CT molecular complexity index is 1070. The Morgan fingerprint density at radius 3 is 2.47 bits per heavy atom. The molecule has 0 bridgehead atoms. The van der Waals surface area contributed by atoms with Crippen molar-refractivity contribution in [3.8, 4) is 5.75 Å². The SMILES string of the molecule is COc1ccc(N(CCCC(=O)NCc2ccccc2CN2CCCCC2)S(C)(=O)=O)cc1Cl. The lowest BCUT2D eigenvalue weighted by Crippen LogP contribution is -2.32. The number of likely N-dealkylation sites (tertiary alicyclic amines) is 1. The smallest absolute Gasteiger partial charge is 0.232 e. The minimum atomic E-state index is -3.53. The van der Waals surface area contributed by atoms with Gasteiger partial charge < -0.3 is 10.1 Å². The molecule has 0 unspecified atom stereocenters. The van der Waals surface area contributed by atoms with Crippen LogP contribution in [0.2, 0.25) is 5.02 Å². The molecule has 1 N–H and O–H groups in total. The minimum absolute atomic E-state index is 0.103. The first-order chi connectivity index (χ1) is 16.3. The van der Waals surface area contributed by atoms with Gasteiger partial charge in [-0.1, -0.05) is 42.3 Å². The van der Waals surface area contributed by atoms with Crippen LogP contribution in [0.4, 0.5) is 5.69 Å². The van der Waals surface area contributed by atoms with Crippen molar-refractivity contribution in [1.29, 1.82) is 0 Å². The van der Waals surface area contributed by atoms with Gasteiger partial charge in [-0.3, -0.25) is 14.0 Å². The molecule has 0 atom stereocenters. The first-order valence-electron chi connectivity index (χ1n) is 11.6. The number of methoxy groups -OCH3 is 1. The third-order valence-corrected chi connectivity index (χ3v) is 7.52. The van der Waals surface area contributed by atoms with E-state index in [0.717, 1.165) is 31.5 Å². The largest absolute Gasteiger partial charge is 0.495 e. The Kier molecular flexibility index (Phi) is 9.62. The number of nitrogens with zero attached hydrogens (tertiary/aromatic N) is 2. The maximum absolute atomic E-state index is 12.5. The molecule has 0 spiro atoms. The summed E-state index contributed by atoms with van der Waals surface area (Å²) in [4.78, 5) is 15.0. The van der Waals surface area contributed by atoms with Gasteiger partial charge in [0.15, 0.2) is 0 Å². The number of anilines is 1. The van der Waals surface area contributed by atoms with E-state index in [9.17, 15) is 13.2 Å². The van der Waals surface area contributed by atoms with Crippen LogP contribution in [0.3, 0.4) is 0 Å². The average Bonchev–Trinajstić information content (AvgIpc) is 2.81. The van der Waals surface area contributed by atoms with Crippen molar-refractivity contribution in [2.75, 3.05) is 37.3 Å². The fraction of sp³-hybridized carbons (Fsp3) is 0.480. The van der Waals surface area contributed by atoms with Crippen LogP contribution in [0.25, 0.3) is 0 Å². The lowest BCUT2D eigenvalue weighted by atomic mass is 10.0. The predicted octanol–water partition coefficient (Wildman–Crippen LogP) is 4.20. The number of rotatable bonds is 11. The molecule has 1 aliphatic rings. The molecular weight excluding hydrogens is 474 g/mol. The molecule has 0 radical (unpaired) electrons. The number of sulfonamides is 1. The van der Waals surface area contributed by atoms with E-state index in [1.165, 1.54) is 36.2 Å². The van der Waals surface area contributed by atoms with Crippen molar-refractivity contribution in [2.24, 2.45) is 0 Å². The molecule has 9 heteroatoms. The van der Waals surface area contributed by atoms with Crippen LogP contribution >= 0.6 is 11.6 Å². The maximum Gasteiger partial charge on any atom is 0.232 e. The van der Waals surface area contributed by atoms with Crippen LogP contribution in [-0.2, 0) is 27.9 Å². The first-order valence-corrected chi connectivity index (χ1v) is 13.9. The van der Waals surface area contributed by atoms with Gasteiger partial charge in [0.25, 0.3) is 0 Å². The second kappa shape index (κ2) is 12.4. The highest BCUT2D eigenvalue weighted by molar-refractivity contribution is 7.92. The third-order valence-electron chi connectivity index (χ3n) is 6.03. The molecule has 186 valence electrons. The van der Waals surface area contributed by atoms with Crippen molar-refractivity contribution < 1.29 is 17.9 Å². The molecule has 1 heterocycles. The number of benzene rings is 2. The zero-order chi connectivity index (χ0) is 24.6. The van der Waals surface area contributed by atoms with Gasteiger partial charge in [-0.15, -0.1) is 0 Å². The molecule has 0 aliphatic carbocycles. The van der Waals surface area contributed by atoms with E-state index in [0.29, 0.717) is 29.4 Å². The highest BCUT2D eigenvalue weighted by Crippen LogP contribution is 2.30. The normalized spacial score (nSPS) is 14.6. The van der Waals surface area contributed by atoms with Crippen LogP contribution in [0.5, 0.6) is 5.75 Å². The molecule has 1 saturated heterocycles. The van der Waals surface area contributed by atoms with Crippen molar-refractivity contribution in [3.63, 3.8) is 0 Å². The minimum Gasteiger partial charge on any atom is -0.495 e. The molecular formula is C25H34ClN3O4S. The molecule has 34 heavy (non-hydrogen) atoms. The van der Waals surface area contributed by atoms with E-state index >= 15 is 0 Å². The van der Waals surface area contributed by atoms with E-state index in [1.54, 1.807) is 18.2 Å². The Morgan fingerprint density at radius 2 is 1.82 bits per heavy atom. The van der Waals surface area contributed by atoms with E-state index in [1.807, 2.05) is 12.1 Å². The number of hydrogen-bond acceptors (Lipinski definition) is 5. The van der Waals surface area contributed by atoms with Gasteiger partial charge in [-0.2, -0.15) is 0 Å². The Morgan fingerprint density at radius 1 is 1.12 bits per heavy atom. The van der Waals surface area contributed by atoms with Crippen molar-refractivity contribution in [3.05, 3.63) is 58.6 Å². The number of halogens is 1. The molecule has 2 aromatic carbocycles. The molecule has 7 nitrogen and oxygen atoms in total. The summed E-state index contributed by atoms with van der Waals surface area (Å²) in [5, 5.41) is 3.32. The Balaban J connectivity index is 1.53. The Hall–Kier alpha value is -2.29. The molecule has 0 saturated carbocycles.